The molecule has 1 aromatic heterocycles. The maximum Gasteiger partial charge on any atom is 0.251 e. The molecule has 0 saturated carbocycles. The maximum atomic E-state index is 11.4. The van der Waals surface area contributed by atoms with Gasteiger partial charge in [-0.3, -0.25) is 4.79 Å². The van der Waals surface area contributed by atoms with Crippen molar-refractivity contribution in [3.8, 4) is 0 Å². The highest BCUT2D eigenvalue weighted by Crippen LogP contribution is 2.26. The van der Waals surface area contributed by atoms with Crippen molar-refractivity contribution in [1.29, 1.82) is 0 Å². The van der Waals surface area contributed by atoms with Gasteiger partial charge in [0.05, 0.1) is 11.0 Å². The van der Waals surface area contributed by atoms with E-state index in [0.29, 0.717) is 23.3 Å². The quantitative estimate of drug-likeness (QED) is 0.806. The number of rotatable bonds is 5. The Labute approximate surface area is 134 Å². The van der Waals surface area contributed by atoms with Crippen LogP contribution in [0.15, 0.2) is 43.9 Å². The minimum Gasteiger partial charge on any atom is -0.452 e. The second kappa shape index (κ2) is 7.06. The summed E-state index contributed by atoms with van der Waals surface area (Å²) in [6.07, 6.45) is 0. The molecule has 0 bridgehead atoms. The lowest BCUT2D eigenvalue weighted by atomic mass is 10.1. The summed E-state index contributed by atoms with van der Waals surface area (Å²) < 4.78 is 7.08. The molecule has 2 rings (SSSR count). The van der Waals surface area contributed by atoms with Crippen LogP contribution >= 0.6 is 31.9 Å². The SMILES string of the molecule is CNC(=O)c1ccc(CNCc2cc(Br)c(Br)o2)cc1. The lowest BCUT2D eigenvalue weighted by Crippen LogP contribution is -2.18. The average Bonchev–Trinajstić information content (AvgIpc) is 2.77. The van der Waals surface area contributed by atoms with Crippen LogP contribution in [-0.4, -0.2) is 13.0 Å². The van der Waals surface area contributed by atoms with Crippen molar-refractivity contribution in [3.05, 3.63) is 56.4 Å². The Morgan fingerprint density at radius 1 is 1.20 bits per heavy atom. The van der Waals surface area contributed by atoms with Crippen molar-refractivity contribution in [2.45, 2.75) is 13.1 Å². The van der Waals surface area contributed by atoms with Gasteiger partial charge in [-0.05, 0) is 55.6 Å². The highest BCUT2D eigenvalue weighted by molar-refractivity contribution is 9.13. The molecular formula is C14H14Br2N2O2. The first-order chi connectivity index (χ1) is 9.60. The number of hydrogen-bond donors (Lipinski definition) is 2. The first-order valence-corrected chi connectivity index (χ1v) is 7.64. The molecule has 0 saturated heterocycles. The third-order valence-corrected chi connectivity index (χ3v) is 4.48. The average molecular weight is 402 g/mol. The van der Waals surface area contributed by atoms with Crippen LogP contribution < -0.4 is 10.6 Å². The van der Waals surface area contributed by atoms with Gasteiger partial charge in [-0.2, -0.15) is 0 Å². The number of hydrogen-bond acceptors (Lipinski definition) is 3. The highest BCUT2D eigenvalue weighted by atomic mass is 79.9. The zero-order chi connectivity index (χ0) is 14.5. The summed E-state index contributed by atoms with van der Waals surface area (Å²) >= 11 is 6.68. The Bertz CT molecular complexity index is 574. The third-order valence-electron chi connectivity index (χ3n) is 2.77. The van der Waals surface area contributed by atoms with Gasteiger partial charge >= 0.3 is 0 Å². The minimum absolute atomic E-state index is 0.0743. The molecular weight excluding hydrogens is 388 g/mol. The van der Waals surface area contributed by atoms with Crippen LogP contribution in [0.1, 0.15) is 21.7 Å². The van der Waals surface area contributed by atoms with E-state index in [9.17, 15) is 4.79 Å². The summed E-state index contributed by atoms with van der Waals surface area (Å²) in [5.74, 6) is 0.778. The maximum absolute atomic E-state index is 11.4. The number of halogens is 2. The number of nitrogens with one attached hydrogen (secondary N) is 2. The first-order valence-electron chi connectivity index (χ1n) is 6.05. The van der Waals surface area contributed by atoms with E-state index in [0.717, 1.165) is 15.8 Å². The Hall–Kier alpha value is -1.11. The molecule has 1 aromatic carbocycles. The first kappa shape index (κ1) is 15.3. The van der Waals surface area contributed by atoms with Crippen LogP contribution in [0.4, 0.5) is 0 Å². The zero-order valence-corrected chi connectivity index (χ0v) is 14.0. The molecule has 20 heavy (non-hydrogen) atoms. The van der Waals surface area contributed by atoms with Crippen LogP contribution in [0.3, 0.4) is 0 Å². The van der Waals surface area contributed by atoms with E-state index in [1.807, 2.05) is 30.3 Å². The molecule has 106 valence electrons. The Kier molecular flexibility index (Phi) is 5.39. The van der Waals surface area contributed by atoms with Crippen LogP contribution in [0.2, 0.25) is 0 Å². The van der Waals surface area contributed by atoms with E-state index in [4.69, 9.17) is 4.42 Å². The number of carbonyl (C=O) groups is 1. The fourth-order valence-corrected chi connectivity index (χ4v) is 2.39. The summed E-state index contributed by atoms with van der Waals surface area (Å²) in [5.41, 5.74) is 1.78. The van der Waals surface area contributed by atoms with Gasteiger partial charge in [0.15, 0.2) is 4.67 Å². The van der Waals surface area contributed by atoms with Gasteiger partial charge in [-0.1, -0.05) is 12.1 Å². The van der Waals surface area contributed by atoms with Gasteiger partial charge in [0.1, 0.15) is 5.76 Å². The highest BCUT2D eigenvalue weighted by Gasteiger charge is 2.06. The van der Waals surface area contributed by atoms with Gasteiger partial charge in [0.2, 0.25) is 0 Å². The molecule has 6 heteroatoms. The van der Waals surface area contributed by atoms with Gasteiger partial charge in [-0.15, -0.1) is 0 Å². The molecule has 0 atom stereocenters. The molecule has 4 nitrogen and oxygen atoms in total. The van der Waals surface area contributed by atoms with Crippen molar-refractivity contribution in [1.82, 2.24) is 10.6 Å². The largest absolute Gasteiger partial charge is 0.452 e. The topological polar surface area (TPSA) is 54.3 Å². The normalized spacial score (nSPS) is 10.6. The summed E-state index contributed by atoms with van der Waals surface area (Å²) in [6.45, 7) is 1.35. The fourth-order valence-electron chi connectivity index (χ4n) is 1.73. The molecule has 2 N–H and O–H groups in total. The van der Waals surface area contributed by atoms with E-state index in [2.05, 4.69) is 42.5 Å². The van der Waals surface area contributed by atoms with E-state index in [1.54, 1.807) is 7.05 Å². The summed E-state index contributed by atoms with van der Waals surface area (Å²) in [5, 5.41) is 5.88. The predicted octanol–water partition coefficient (Wildman–Crippen LogP) is 3.45. The third kappa shape index (κ3) is 3.94. The van der Waals surface area contributed by atoms with E-state index in [1.165, 1.54) is 0 Å². The van der Waals surface area contributed by atoms with Crippen molar-refractivity contribution < 1.29 is 9.21 Å². The lowest BCUT2D eigenvalue weighted by molar-refractivity contribution is 0.0963. The molecule has 0 aliphatic heterocycles. The standard InChI is InChI=1S/C14H14Br2N2O2/c1-17-14(19)10-4-2-9(3-5-10)7-18-8-11-6-12(15)13(16)20-11/h2-6,18H,7-8H2,1H3,(H,17,19). The predicted molar refractivity (Wildman–Crippen MR) is 84.5 cm³/mol. The van der Waals surface area contributed by atoms with Crippen molar-refractivity contribution in [2.24, 2.45) is 0 Å². The fraction of sp³-hybridized carbons (Fsp3) is 0.214. The van der Waals surface area contributed by atoms with Gasteiger partial charge < -0.3 is 15.1 Å². The Balaban J connectivity index is 1.86. The van der Waals surface area contributed by atoms with E-state index in [-0.39, 0.29) is 5.91 Å². The molecule has 2 aromatic rings. The number of furan rings is 1. The van der Waals surface area contributed by atoms with E-state index < -0.39 is 0 Å². The summed E-state index contributed by atoms with van der Waals surface area (Å²) in [6, 6.07) is 9.43. The number of amides is 1. The van der Waals surface area contributed by atoms with Crippen LogP contribution in [-0.2, 0) is 13.1 Å². The number of carbonyl (C=O) groups excluding carboxylic acids is 1. The Morgan fingerprint density at radius 3 is 2.45 bits per heavy atom. The van der Waals surface area contributed by atoms with Gasteiger partial charge in [-0.25, -0.2) is 0 Å². The van der Waals surface area contributed by atoms with Crippen LogP contribution in [0.5, 0.6) is 0 Å². The number of benzene rings is 1. The lowest BCUT2D eigenvalue weighted by Gasteiger charge is -2.04. The van der Waals surface area contributed by atoms with Crippen LogP contribution in [0, 0.1) is 0 Å². The minimum atomic E-state index is -0.0743. The van der Waals surface area contributed by atoms with Crippen molar-refractivity contribution >= 4 is 37.8 Å². The molecule has 0 unspecified atom stereocenters. The Morgan fingerprint density at radius 2 is 1.90 bits per heavy atom. The smallest absolute Gasteiger partial charge is 0.251 e. The molecule has 1 amide bonds. The van der Waals surface area contributed by atoms with Crippen molar-refractivity contribution in [2.75, 3.05) is 7.05 Å². The molecule has 0 aliphatic rings. The summed E-state index contributed by atoms with van der Waals surface area (Å²) in [7, 11) is 1.62. The van der Waals surface area contributed by atoms with Crippen LogP contribution in [0.25, 0.3) is 0 Å². The van der Waals surface area contributed by atoms with Gasteiger partial charge in [0, 0.05) is 19.2 Å². The second-order valence-corrected chi connectivity index (χ2v) is 5.79. The zero-order valence-electron chi connectivity index (χ0n) is 10.9. The molecule has 0 fully saturated rings. The second-order valence-electron chi connectivity index (χ2n) is 4.21. The molecule has 1 heterocycles. The molecule has 0 aliphatic carbocycles. The van der Waals surface area contributed by atoms with E-state index >= 15 is 0 Å². The summed E-state index contributed by atoms with van der Waals surface area (Å²) in [4.78, 5) is 11.4. The molecule has 0 radical (unpaired) electrons. The van der Waals surface area contributed by atoms with Gasteiger partial charge in [0.25, 0.3) is 5.91 Å². The monoisotopic (exact) mass is 400 g/mol. The molecule has 0 spiro atoms. The van der Waals surface area contributed by atoms with Crippen molar-refractivity contribution in [3.63, 3.8) is 0 Å².